The molecule has 1 aliphatic rings. The monoisotopic (exact) mass is 356 g/mol. The van der Waals surface area contributed by atoms with E-state index in [9.17, 15) is 9.59 Å². The molecule has 1 aromatic carbocycles. The van der Waals surface area contributed by atoms with E-state index in [1.807, 2.05) is 24.3 Å². The molecule has 1 unspecified atom stereocenters. The van der Waals surface area contributed by atoms with Crippen molar-refractivity contribution >= 4 is 11.9 Å². The average molecular weight is 356 g/mol. The zero-order valence-electron chi connectivity index (χ0n) is 15.3. The highest BCUT2D eigenvalue weighted by atomic mass is 16.5. The van der Waals surface area contributed by atoms with Gasteiger partial charge in [-0.1, -0.05) is 18.2 Å². The molecule has 3 rings (SSSR count). The minimum absolute atomic E-state index is 0.217. The van der Waals surface area contributed by atoms with Gasteiger partial charge in [0.2, 0.25) is 0 Å². The molecule has 2 N–H and O–H groups in total. The number of fused-ring (bicyclic) bond motifs is 1. The van der Waals surface area contributed by atoms with Crippen molar-refractivity contribution in [3.05, 3.63) is 52.3 Å². The summed E-state index contributed by atoms with van der Waals surface area (Å²) in [7, 11) is 0. The summed E-state index contributed by atoms with van der Waals surface area (Å²) in [5.74, 6) is 0.509. The molecule has 0 fully saturated rings. The minimum Gasteiger partial charge on any atom is -0.493 e. The SMILES string of the molecule is CCOC(=O)c1c(C)[nH]c(C(=O)NCC2COc3ccccc3C2)c1C. The number of hydrogen-bond acceptors (Lipinski definition) is 4. The second-order valence-electron chi connectivity index (χ2n) is 6.54. The van der Waals surface area contributed by atoms with Gasteiger partial charge in [0.25, 0.3) is 5.91 Å². The predicted molar refractivity (Wildman–Crippen MR) is 97.7 cm³/mol. The second-order valence-corrected chi connectivity index (χ2v) is 6.54. The van der Waals surface area contributed by atoms with Crippen LogP contribution in [0.1, 0.15) is 44.6 Å². The lowest BCUT2D eigenvalue weighted by molar-refractivity contribution is 0.0525. The molecule has 0 radical (unpaired) electrons. The van der Waals surface area contributed by atoms with Gasteiger partial charge in [-0.2, -0.15) is 0 Å². The maximum absolute atomic E-state index is 12.6. The Hall–Kier alpha value is -2.76. The number of nitrogens with one attached hydrogen (secondary N) is 2. The maximum Gasteiger partial charge on any atom is 0.340 e. The highest BCUT2D eigenvalue weighted by Crippen LogP contribution is 2.26. The summed E-state index contributed by atoms with van der Waals surface area (Å²) in [5.41, 5.74) is 3.26. The highest BCUT2D eigenvalue weighted by molar-refractivity contribution is 6.00. The number of aryl methyl sites for hydroxylation is 1. The standard InChI is InChI=1S/C20H24N2O4/c1-4-25-20(24)17-12(2)18(22-13(17)3)19(23)21-10-14-9-15-7-5-6-8-16(15)26-11-14/h5-8,14,22H,4,9-11H2,1-3H3,(H,21,23). The first-order valence-corrected chi connectivity index (χ1v) is 8.86. The quantitative estimate of drug-likeness (QED) is 0.808. The normalized spacial score (nSPS) is 15.7. The number of para-hydroxylation sites is 1. The molecule has 6 heteroatoms. The van der Waals surface area contributed by atoms with Crippen molar-refractivity contribution < 1.29 is 19.1 Å². The lowest BCUT2D eigenvalue weighted by atomic mass is 9.96. The number of hydrogen-bond donors (Lipinski definition) is 2. The van der Waals surface area contributed by atoms with Gasteiger partial charge in [0, 0.05) is 18.2 Å². The Kier molecular flexibility index (Phi) is 5.30. The van der Waals surface area contributed by atoms with E-state index < -0.39 is 5.97 Å². The van der Waals surface area contributed by atoms with Gasteiger partial charge < -0.3 is 19.8 Å². The van der Waals surface area contributed by atoms with Crippen molar-refractivity contribution in [3.8, 4) is 5.75 Å². The van der Waals surface area contributed by atoms with E-state index in [1.165, 1.54) is 0 Å². The van der Waals surface area contributed by atoms with Gasteiger partial charge in [0.15, 0.2) is 0 Å². The van der Waals surface area contributed by atoms with E-state index in [1.54, 1.807) is 20.8 Å². The summed E-state index contributed by atoms with van der Waals surface area (Å²) in [5, 5.41) is 2.95. The summed E-state index contributed by atoms with van der Waals surface area (Å²) in [6.45, 7) is 6.67. The van der Waals surface area contributed by atoms with Crippen LogP contribution in [0.5, 0.6) is 5.75 Å². The van der Waals surface area contributed by atoms with Crippen LogP contribution in [0.2, 0.25) is 0 Å². The van der Waals surface area contributed by atoms with Crippen LogP contribution in [0.3, 0.4) is 0 Å². The lowest BCUT2D eigenvalue weighted by Gasteiger charge is -2.25. The molecule has 0 bridgehead atoms. The zero-order valence-corrected chi connectivity index (χ0v) is 15.3. The molecular formula is C20H24N2O4. The maximum atomic E-state index is 12.6. The van der Waals surface area contributed by atoms with E-state index in [0.29, 0.717) is 42.3 Å². The molecule has 1 aromatic heterocycles. The minimum atomic E-state index is -0.407. The van der Waals surface area contributed by atoms with Gasteiger partial charge >= 0.3 is 5.97 Å². The summed E-state index contributed by atoms with van der Waals surface area (Å²) in [6.07, 6.45) is 0.868. The number of aromatic nitrogens is 1. The molecule has 0 aliphatic carbocycles. The van der Waals surface area contributed by atoms with Crippen LogP contribution in [0, 0.1) is 19.8 Å². The highest BCUT2D eigenvalue weighted by Gasteiger charge is 2.24. The third-order valence-corrected chi connectivity index (χ3v) is 4.65. The van der Waals surface area contributed by atoms with Gasteiger partial charge in [-0.05, 0) is 44.4 Å². The molecule has 138 valence electrons. The Morgan fingerprint density at radius 1 is 1.31 bits per heavy atom. The topological polar surface area (TPSA) is 80.4 Å². The fraction of sp³-hybridized carbons (Fsp3) is 0.400. The van der Waals surface area contributed by atoms with Gasteiger partial charge in [-0.15, -0.1) is 0 Å². The molecule has 26 heavy (non-hydrogen) atoms. The van der Waals surface area contributed by atoms with Crippen LogP contribution < -0.4 is 10.1 Å². The molecular weight excluding hydrogens is 332 g/mol. The van der Waals surface area contributed by atoms with Crippen LogP contribution in [0.15, 0.2) is 24.3 Å². The number of aromatic amines is 1. The summed E-state index contributed by atoms with van der Waals surface area (Å²) in [4.78, 5) is 27.6. The molecule has 1 atom stereocenters. The molecule has 1 amide bonds. The van der Waals surface area contributed by atoms with Gasteiger partial charge in [0.05, 0.1) is 18.8 Å². The molecule has 0 saturated carbocycles. The van der Waals surface area contributed by atoms with Crippen molar-refractivity contribution in [2.75, 3.05) is 19.8 Å². The second kappa shape index (κ2) is 7.64. The number of benzene rings is 1. The molecule has 0 spiro atoms. The van der Waals surface area contributed by atoms with E-state index in [4.69, 9.17) is 9.47 Å². The average Bonchev–Trinajstić information content (AvgIpc) is 2.94. The Balaban J connectivity index is 1.64. The third kappa shape index (κ3) is 3.59. The first-order chi connectivity index (χ1) is 12.5. The Morgan fingerprint density at radius 3 is 2.85 bits per heavy atom. The van der Waals surface area contributed by atoms with Crippen molar-refractivity contribution in [1.29, 1.82) is 0 Å². The van der Waals surface area contributed by atoms with Crippen LogP contribution >= 0.6 is 0 Å². The van der Waals surface area contributed by atoms with E-state index >= 15 is 0 Å². The van der Waals surface area contributed by atoms with Crippen LogP contribution in [0.25, 0.3) is 0 Å². The van der Waals surface area contributed by atoms with Crippen LogP contribution in [-0.4, -0.2) is 36.6 Å². The number of rotatable bonds is 5. The van der Waals surface area contributed by atoms with Crippen molar-refractivity contribution in [2.45, 2.75) is 27.2 Å². The van der Waals surface area contributed by atoms with E-state index in [2.05, 4.69) is 10.3 Å². The van der Waals surface area contributed by atoms with Crippen LogP contribution in [0.4, 0.5) is 0 Å². The number of ether oxygens (including phenoxy) is 2. The number of carbonyl (C=O) groups is 2. The smallest absolute Gasteiger partial charge is 0.340 e. The predicted octanol–water partition coefficient (Wildman–Crippen LogP) is 2.79. The first kappa shape index (κ1) is 18.0. The molecule has 2 heterocycles. The van der Waals surface area contributed by atoms with Gasteiger partial charge in [-0.3, -0.25) is 4.79 Å². The fourth-order valence-corrected chi connectivity index (χ4v) is 3.33. The molecule has 2 aromatic rings. The Morgan fingerprint density at radius 2 is 2.08 bits per heavy atom. The summed E-state index contributed by atoms with van der Waals surface area (Å²) < 4.78 is 10.8. The van der Waals surface area contributed by atoms with Crippen molar-refractivity contribution in [2.24, 2.45) is 5.92 Å². The number of carbonyl (C=O) groups excluding carboxylic acids is 2. The first-order valence-electron chi connectivity index (χ1n) is 8.86. The number of amides is 1. The fourth-order valence-electron chi connectivity index (χ4n) is 3.33. The number of H-pyrrole nitrogens is 1. The van der Waals surface area contributed by atoms with E-state index in [-0.39, 0.29) is 11.8 Å². The zero-order chi connectivity index (χ0) is 18.7. The number of esters is 1. The third-order valence-electron chi connectivity index (χ3n) is 4.65. The van der Waals surface area contributed by atoms with Crippen molar-refractivity contribution in [3.63, 3.8) is 0 Å². The largest absolute Gasteiger partial charge is 0.493 e. The van der Waals surface area contributed by atoms with Gasteiger partial charge in [0.1, 0.15) is 11.4 Å². The molecule has 6 nitrogen and oxygen atoms in total. The summed E-state index contributed by atoms with van der Waals surface area (Å²) in [6, 6.07) is 7.96. The van der Waals surface area contributed by atoms with Crippen LogP contribution in [-0.2, 0) is 11.2 Å². The Labute approximate surface area is 152 Å². The molecule has 0 saturated heterocycles. The van der Waals surface area contributed by atoms with Gasteiger partial charge in [-0.25, -0.2) is 4.79 Å². The van der Waals surface area contributed by atoms with Crippen molar-refractivity contribution in [1.82, 2.24) is 10.3 Å². The lowest BCUT2D eigenvalue weighted by Crippen LogP contribution is -2.35. The summed E-state index contributed by atoms with van der Waals surface area (Å²) >= 11 is 0. The van der Waals surface area contributed by atoms with E-state index in [0.717, 1.165) is 17.7 Å². The Bertz CT molecular complexity index is 825. The molecule has 1 aliphatic heterocycles.